The average Bonchev–Trinajstić information content (AvgIpc) is 2.26. The number of nitrogens with one attached hydrogen (secondary N) is 1. The zero-order valence-electron chi connectivity index (χ0n) is 8.65. The third-order valence-electron chi connectivity index (χ3n) is 1.84. The van der Waals surface area contributed by atoms with Gasteiger partial charge in [-0.15, -0.1) is 11.8 Å². The summed E-state index contributed by atoms with van der Waals surface area (Å²) in [5.74, 6) is 0. The summed E-state index contributed by atoms with van der Waals surface area (Å²) in [5, 5.41) is 3.83. The van der Waals surface area contributed by atoms with E-state index in [4.69, 9.17) is 5.73 Å². The fourth-order valence-corrected chi connectivity index (χ4v) is 1.44. The highest BCUT2D eigenvalue weighted by Crippen LogP contribution is 2.15. The lowest BCUT2D eigenvalue weighted by Crippen LogP contribution is -2.25. The molecule has 0 unspecified atom stereocenters. The zero-order chi connectivity index (χ0) is 11.3. The van der Waals surface area contributed by atoms with Gasteiger partial charge in [-0.3, -0.25) is 0 Å². The summed E-state index contributed by atoms with van der Waals surface area (Å²) in [4.78, 5) is 11.6. The molecule has 0 saturated carbocycles. The smallest absolute Gasteiger partial charge is 0.332 e. The van der Waals surface area contributed by atoms with E-state index in [1.165, 1.54) is 4.90 Å². The molecule has 5 heteroatoms. The summed E-state index contributed by atoms with van der Waals surface area (Å²) in [5.41, 5.74) is 8.78. The largest absolute Gasteiger partial charge is 0.350 e. The molecule has 0 aliphatic carbocycles. The number of thioether (sulfide) groups is 1. The van der Waals surface area contributed by atoms with Crippen molar-refractivity contribution < 1.29 is 4.79 Å². The lowest BCUT2D eigenvalue weighted by Gasteiger charge is -2.02. The number of urea groups is 1. The van der Waals surface area contributed by atoms with Gasteiger partial charge in [-0.2, -0.15) is 5.10 Å². The molecule has 3 N–H and O–H groups in total. The molecular weight excluding hydrogens is 210 g/mol. The minimum atomic E-state index is -0.657. The molecule has 0 spiro atoms. The Morgan fingerprint density at radius 3 is 2.47 bits per heavy atom. The molecule has 15 heavy (non-hydrogen) atoms. The van der Waals surface area contributed by atoms with Crippen molar-refractivity contribution in [1.82, 2.24) is 5.43 Å². The second kappa shape index (κ2) is 5.41. The maximum atomic E-state index is 10.4. The number of amides is 2. The van der Waals surface area contributed by atoms with Crippen LogP contribution in [0.5, 0.6) is 0 Å². The van der Waals surface area contributed by atoms with Gasteiger partial charge in [0.2, 0.25) is 0 Å². The summed E-state index contributed by atoms with van der Waals surface area (Å²) in [6.07, 6.45) is 2.02. The first-order valence-electron chi connectivity index (χ1n) is 4.37. The SMILES string of the molecule is CSc1ccc(C(C)=NNC(N)=O)cc1. The highest BCUT2D eigenvalue weighted by Gasteiger charge is 1.98. The third-order valence-corrected chi connectivity index (χ3v) is 2.59. The minimum Gasteiger partial charge on any atom is -0.350 e. The molecule has 1 aromatic carbocycles. The molecule has 0 atom stereocenters. The van der Waals surface area contributed by atoms with Crippen molar-refractivity contribution in [2.45, 2.75) is 11.8 Å². The van der Waals surface area contributed by atoms with Crippen LogP contribution in [0, 0.1) is 0 Å². The van der Waals surface area contributed by atoms with Crippen LogP contribution in [0.3, 0.4) is 0 Å². The maximum Gasteiger partial charge on any atom is 0.332 e. The Morgan fingerprint density at radius 1 is 1.40 bits per heavy atom. The Morgan fingerprint density at radius 2 is 2.00 bits per heavy atom. The van der Waals surface area contributed by atoms with Gasteiger partial charge in [0.05, 0.1) is 5.71 Å². The van der Waals surface area contributed by atoms with Crippen LogP contribution < -0.4 is 11.2 Å². The number of carbonyl (C=O) groups excluding carboxylic acids is 1. The standard InChI is InChI=1S/C10H13N3OS/c1-7(12-13-10(11)14)8-3-5-9(15-2)6-4-8/h3-6H,1-2H3,(H3,11,13,14). The number of nitrogens with zero attached hydrogens (tertiary/aromatic N) is 1. The Bertz CT molecular complexity index is 373. The van der Waals surface area contributed by atoms with Gasteiger partial charge in [-0.1, -0.05) is 12.1 Å². The summed E-state index contributed by atoms with van der Waals surface area (Å²) < 4.78 is 0. The van der Waals surface area contributed by atoms with Gasteiger partial charge in [-0.25, -0.2) is 10.2 Å². The van der Waals surface area contributed by atoms with Crippen molar-refractivity contribution in [1.29, 1.82) is 0 Å². The van der Waals surface area contributed by atoms with Gasteiger partial charge >= 0.3 is 6.03 Å². The third kappa shape index (κ3) is 3.63. The van der Waals surface area contributed by atoms with E-state index in [-0.39, 0.29) is 0 Å². The van der Waals surface area contributed by atoms with E-state index in [9.17, 15) is 4.79 Å². The first-order chi connectivity index (χ1) is 7.13. The molecular formula is C10H13N3OS. The quantitative estimate of drug-likeness (QED) is 0.466. The van der Waals surface area contributed by atoms with Gasteiger partial charge in [0.15, 0.2) is 0 Å². The predicted octanol–water partition coefficient (Wildman–Crippen LogP) is 1.80. The van der Waals surface area contributed by atoms with E-state index in [1.807, 2.05) is 37.4 Å². The highest BCUT2D eigenvalue weighted by molar-refractivity contribution is 7.98. The van der Waals surface area contributed by atoms with Crippen LogP contribution in [-0.4, -0.2) is 18.0 Å². The molecule has 1 aromatic rings. The van der Waals surface area contributed by atoms with Crippen LogP contribution in [0.2, 0.25) is 0 Å². The average molecular weight is 223 g/mol. The van der Waals surface area contributed by atoms with Crippen LogP contribution in [0.4, 0.5) is 4.79 Å². The molecule has 0 heterocycles. The zero-order valence-corrected chi connectivity index (χ0v) is 9.47. The van der Waals surface area contributed by atoms with Gasteiger partial charge in [0.1, 0.15) is 0 Å². The lowest BCUT2D eigenvalue weighted by atomic mass is 10.1. The van der Waals surface area contributed by atoms with Crippen molar-refractivity contribution in [3.8, 4) is 0 Å². The molecule has 0 aliphatic heterocycles. The van der Waals surface area contributed by atoms with Crippen molar-refractivity contribution in [3.63, 3.8) is 0 Å². The van der Waals surface area contributed by atoms with Crippen molar-refractivity contribution >= 4 is 23.5 Å². The normalized spacial score (nSPS) is 11.2. The van der Waals surface area contributed by atoms with Gasteiger partial charge in [-0.05, 0) is 30.9 Å². The monoisotopic (exact) mass is 223 g/mol. The van der Waals surface area contributed by atoms with Gasteiger partial charge in [0, 0.05) is 4.90 Å². The Balaban J connectivity index is 2.77. The number of rotatable bonds is 3. The molecule has 80 valence electrons. The lowest BCUT2D eigenvalue weighted by molar-refractivity contribution is 0.249. The second-order valence-corrected chi connectivity index (χ2v) is 3.78. The van der Waals surface area contributed by atoms with Crippen molar-refractivity contribution in [2.75, 3.05) is 6.26 Å². The van der Waals surface area contributed by atoms with Gasteiger partial charge < -0.3 is 5.73 Å². The summed E-state index contributed by atoms with van der Waals surface area (Å²) in [6, 6.07) is 7.25. The van der Waals surface area contributed by atoms with Crippen LogP contribution in [0.1, 0.15) is 12.5 Å². The van der Waals surface area contributed by atoms with Crippen molar-refractivity contribution in [3.05, 3.63) is 29.8 Å². The molecule has 0 aliphatic rings. The molecule has 0 saturated heterocycles. The maximum absolute atomic E-state index is 10.4. The fraction of sp³-hybridized carbons (Fsp3) is 0.200. The van der Waals surface area contributed by atoms with E-state index in [2.05, 4.69) is 10.5 Å². The summed E-state index contributed by atoms with van der Waals surface area (Å²) in [6.45, 7) is 1.81. The van der Waals surface area contributed by atoms with Gasteiger partial charge in [0.25, 0.3) is 0 Å². The summed E-state index contributed by atoms with van der Waals surface area (Å²) >= 11 is 1.68. The number of primary amides is 1. The predicted molar refractivity (Wildman–Crippen MR) is 63.2 cm³/mol. The number of benzene rings is 1. The first-order valence-corrected chi connectivity index (χ1v) is 5.60. The minimum absolute atomic E-state index is 0.657. The first kappa shape index (κ1) is 11.6. The number of hydrogen-bond donors (Lipinski definition) is 2. The molecule has 0 aromatic heterocycles. The molecule has 0 radical (unpaired) electrons. The Hall–Kier alpha value is -1.49. The van der Waals surface area contributed by atoms with Crippen LogP contribution in [0.25, 0.3) is 0 Å². The highest BCUT2D eigenvalue weighted by atomic mass is 32.2. The van der Waals surface area contributed by atoms with Crippen molar-refractivity contribution in [2.24, 2.45) is 10.8 Å². The Kier molecular flexibility index (Phi) is 4.17. The number of hydrazone groups is 1. The fourth-order valence-electron chi connectivity index (χ4n) is 1.04. The topological polar surface area (TPSA) is 67.5 Å². The molecule has 0 fully saturated rings. The van der Waals surface area contributed by atoms with E-state index in [0.717, 1.165) is 11.3 Å². The van der Waals surface area contributed by atoms with Crippen LogP contribution in [-0.2, 0) is 0 Å². The van der Waals surface area contributed by atoms with E-state index in [1.54, 1.807) is 11.8 Å². The molecule has 1 rings (SSSR count). The van der Waals surface area contributed by atoms with E-state index < -0.39 is 6.03 Å². The van der Waals surface area contributed by atoms with E-state index in [0.29, 0.717) is 0 Å². The molecule has 4 nitrogen and oxygen atoms in total. The number of hydrogen-bond acceptors (Lipinski definition) is 3. The Labute approximate surface area is 92.9 Å². The van der Waals surface area contributed by atoms with Crippen LogP contribution >= 0.6 is 11.8 Å². The molecule has 0 bridgehead atoms. The number of carbonyl (C=O) groups is 1. The second-order valence-electron chi connectivity index (χ2n) is 2.90. The molecule has 2 amide bonds. The summed E-state index contributed by atoms with van der Waals surface area (Å²) in [7, 11) is 0. The number of nitrogens with two attached hydrogens (primary N) is 1. The van der Waals surface area contributed by atoms with Crippen LogP contribution in [0.15, 0.2) is 34.3 Å². The van der Waals surface area contributed by atoms with E-state index >= 15 is 0 Å².